The Morgan fingerprint density at radius 3 is 2.34 bits per heavy atom. The van der Waals surface area contributed by atoms with Crippen molar-refractivity contribution in [3.8, 4) is 11.5 Å². The molecule has 1 aliphatic rings. The summed E-state index contributed by atoms with van der Waals surface area (Å²) in [5.74, 6) is 0.450. The normalized spacial score (nSPS) is 15.0. The number of nitro groups is 1. The average Bonchev–Trinajstić information content (AvgIpc) is 2.82. The summed E-state index contributed by atoms with van der Waals surface area (Å²) in [5.41, 5.74) is 0.468. The summed E-state index contributed by atoms with van der Waals surface area (Å²) >= 11 is 0. The minimum absolute atomic E-state index is 0.0615. The molecule has 0 aromatic heterocycles. The van der Waals surface area contributed by atoms with Gasteiger partial charge in [0.25, 0.3) is 5.69 Å². The number of ether oxygens (including phenoxy) is 2. The van der Waals surface area contributed by atoms with Gasteiger partial charge in [-0.25, -0.2) is 8.42 Å². The van der Waals surface area contributed by atoms with E-state index in [9.17, 15) is 23.3 Å². The SMILES string of the molecule is COc1ccc(S(=O)(=O)N2CCN(C(=O)/C=C/c3cccc([N+](=O)[O-])c3)CC2)cc1OC. The zero-order valence-electron chi connectivity index (χ0n) is 17.6. The Morgan fingerprint density at radius 1 is 1.03 bits per heavy atom. The van der Waals surface area contributed by atoms with Gasteiger partial charge in [-0.1, -0.05) is 12.1 Å². The number of hydrogen-bond acceptors (Lipinski definition) is 7. The third kappa shape index (κ3) is 5.06. The standard InChI is InChI=1S/C21H23N3O7S/c1-30-19-8-7-18(15-20(19)31-2)32(28,29)23-12-10-22(11-13-23)21(25)9-6-16-4-3-5-17(14-16)24(26)27/h3-9,14-15H,10-13H2,1-2H3/b9-6+. The number of sulfonamides is 1. The first-order chi connectivity index (χ1) is 15.3. The van der Waals surface area contributed by atoms with Crippen LogP contribution < -0.4 is 9.47 Å². The Balaban J connectivity index is 1.64. The van der Waals surface area contributed by atoms with E-state index in [1.165, 1.54) is 65.9 Å². The lowest BCUT2D eigenvalue weighted by Gasteiger charge is -2.33. The van der Waals surface area contributed by atoms with Gasteiger partial charge in [-0.05, 0) is 23.8 Å². The first-order valence-electron chi connectivity index (χ1n) is 9.70. The van der Waals surface area contributed by atoms with Crippen molar-refractivity contribution in [2.45, 2.75) is 4.90 Å². The van der Waals surface area contributed by atoms with Crippen molar-refractivity contribution in [1.29, 1.82) is 0 Å². The molecule has 0 N–H and O–H groups in total. The number of carbonyl (C=O) groups is 1. The molecule has 11 heteroatoms. The molecule has 32 heavy (non-hydrogen) atoms. The Morgan fingerprint density at radius 2 is 1.72 bits per heavy atom. The van der Waals surface area contributed by atoms with Crippen LogP contribution in [0.1, 0.15) is 5.56 Å². The minimum atomic E-state index is -3.76. The number of non-ortho nitro benzene ring substituents is 1. The Hall–Kier alpha value is -3.44. The van der Waals surface area contributed by atoms with Gasteiger partial charge in [0.05, 0.1) is 24.0 Å². The van der Waals surface area contributed by atoms with Crippen molar-refractivity contribution in [2.24, 2.45) is 0 Å². The van der Waals surface area contributed by atoms with Crippen molar-refractivity contribution in [3.63, 3.8) is 0 Å². The monoisotopic (exact) mass is 461 g/mol. The predicted octanol–water partition coefficient (Wildman–Crippen LogP) is 2.16. The minimum Gasteiger partial charge on any atom is -0.493 e. The van der Waals surface area contributed by atoms with Gasteiger partial charge in [-0.15, -0.1) is 0 Å². The van der Waals surface area contributed by atoms with Crippen LogP contribution in [-0.2, 0) is 14.8 Å². The van der Waals surface area contributed by atoms with E-state index in [1.807, 2.05) is 0 Å². The van der Waals surface area contributed by atoms with Gasteiger partial charge in [0.1, 0.15) is 0 Å². The predicted molar refractivity (Wildman–Crippen MR) is 117 cm³/mol. The zero-order valence-corrected chi connectivity index (χ0v) is 18.4. The van der Waals surface area contributed by atoms with Gasteiger partial charge in [-0.2, -0.15) is 4.31 Å². The fraction of sp³-hybridized carbons (Fsp3) is 0.286. The number of nitro benzene ring substituents is 1. The Labute approximate surface area is 185 Å². The largest absolute Gasteiger partial charge is 0.493 e. The van der Waals surface area contributed by atoms with E-state index in [-0.39, 0.29) is 42.7 Å². The van der Waals surface area contributed by atoms with Crippen molar-refractivity contribution in [3.05, 3.63) is 64.2 Å². The summed E-state index contributed by atoms with van der Waals surface area (Å²) in [4.78, 5) is 24.5. The number of benzene rings is 2. The second-order valence-electron chi connectivity index (χ2n) is 6.93. The first kappa shape index (κ1) is 23.2. The molecular weight excluding hydrogens is 438 g/mol. The molecule has 0 radical (unpaired) electrons. The second kappa shape index (κ2) is 9.79. The lowest BCUT2D eigenvalue weighted by atomic mass is 10.2. The number of nitrogens with zero attached hydrogens (tertiary/aromatic N) is 3. The maximum atomic E-state index is 13.0. The first-order valence-corrected chi connectivity index (χ1v) is 11.1. The highest BCUT2D eigenvalue weighted by molar-refractivity contribution is 7.89. The molecule has 0 atom stereocenters. The summed E-state index contributed by atoms with van der Waals surface area (Å²) < 4.78 is 37.6. The molecule has 0 aliphatic carbocycles. The highest BCUT2D eigenvalue weighted by Gasteiger charge is 2.30. The fourth-order valence-corrected chi connectivity index (χ4v) is 4.73. The van der Waals surface area contributed by atoms with Crippen molar-refractivity contribution < 1.29 is 27.6 Å². The van der Waals surface area contributed by atoms with Crippen LogP contribution in [-0.4, -0.2) is 68.9 Å². The Kier molecular flexibility index (Phi) is 7.11. The molecule has 3 rings (SSSR count). The molecule has 0 unspecified atom stereocenters. The summed E-state index contributed by atoms with van der Waals surface area (Å²) in [6.07, 6.45) is 2.83. The number of methoxy groups -OCH3 is 2. The lowest BCUT2D eigenvalue weighted by molar-refractivity contribution is -0.384. The van der Waals surface area contributed by atoms with Crippen LogP contribution in [0, 0.1) is 10.1 Å². The average molecular weight is 461 g/mol. The lowest BCUT2D eigenvalue weighted by Crippen LogP contribution is -2.50. The van der Waals surface area contributed by atoms with E-state index in [1.54, 1.807) is 12.1 Å². The molecule has 2 aromatic rings. The molecule has 0 bridgehead atoms. The highest BCUT2D eigenvalue weighted by Crippen LogP contribution is 2.31. The maximum absolute atomic E-state index is 13.0. The smallest absolute Gasteiger partial charge is 0.270 e. The summed E-state index contributed by atoms with van der Waals surface area (Å²) in [5, 5.41) is 10.9. The molecule has 1 amide bonds. The maximum Gasteiger partial charge on any atom is 0.270 e. The highest BCUT2D eigenvalue weighted by atomic mass is 32.2. The van der Waals surface area contributed by atoms with Crippen LogP contribution in [0.25, 0.3) is 6.08 Å². The van der Waals surface area contributed by atoms with E-state index >= 15 is 0 Å². The van der Waals surface area contributed by atoms with Crippen LogP contribution in [0.2, 0.25) is 0 Å². The van der Waals surface area contributed by atoms with Crippen LogP contribution in [0.3, 0.4) is 0 Å². The van der Waals surface area contributed by atoms with E-state index in [4.69, 9.17) is 9.47 Å². The molecular formula is C21H23N3O7S. The second-order valence-corrected chi connectivity index (χ2v) is 8.87. The number of amides is 1. The van der Waals surface area contributed by atoms with E-state index < -0.39 is 14.9 Å². The number of carbonyl (C=O) groups excluding carboxylic acids is 1. The molecule has 0 spiro atoms. The van der Waals surface area contributed by atoms with Crippen LogP contribution in [0.4, 0.5) is 5.69 Å². The van der Waals surface area contributed by atoms with E-state index in [0.717, 1.165) is 0 Å². The molecule has 1 heterocycles. The third-order valence-corrected chi connectivity index (χ3v) is 6.94. The van der Waals surface area contributed by atoms with Crippen LogP contribution >= 0.6 is 0 Å². The van der Waals surface area contributed by atoms with Gasteiger partial charge in [0.15, 0.2) is 11.5 Å². The molecule has 0 saturated carbocycles. The van der Waals surface area contributed by atoms with Crippen molar-refractivity contribution >= 4 is 27.7 Å². The van der Waals surface area contributed by atoms with Gasteiger partial charge in [0.2, 0.25) is 15.9 Å². The number of hydrogen-bond donors (Lipinski definition) is 0. The zero-order chi connectivity index (χ0) is 23.3. The molecule has 1 fully saturated rings. The third-order valence-electron chi connectivity index (χ3n) is 5.04. The molecule has 1 saturated heterocycles. The van der Waals surface area contributed by atoms with Crippen LogP contribution in [0.15, 0.2) is 53.4 Å². The van der Waals surface area contributed by atoms with E-state index in [2.05, 4.69) is 0 Å². The van der Waals surface area contributed by atoms with Gasteiger partial charge >= 0.3 is 0 Å². The number of rotatable bonds is 7. The summed E-state index contributed by atoms with van der Waals surface area (Å²) in [6, 6.07) is 10.3. The molecule has 10 nitrogen and oxygen atoms in total. The van der Waals surface area contributed by atoms with Gasteiger partial charge in [-0.3, -0.25) is 14.9 Å². The topological polar surface area (TPSA) is 119 Å². The van der Waals surface area contributed by atoms with Crippen LogP contribution in [0.5, 0.6) is 11.5 Å². The van der Waals surface area contributed by atoms with Gasteiger partial charge < -0.3 is 14.4 Å². The molecule has 170 valence electrons. The molecule has 2 aromatic carbocycles. The van der Waals surface area contributed by atoms with Gasteiger partial charge in [0, 0.05) is 50.5 Å². The number of piperazine rings is 1. The Bertz CT molecular complexity index is 1140. The molecule has 1 aliphatic heterocycles. The van der Waals surface area contributed by atoms with Crippen molar-refractivity contribution in [2.75, 3.05) is 40.4 Å². The van der Waals surface area contributed by atoms with Crippen molar-refractivity contribution in [1.82, 2.24) is 9.21 Å². The fourth-order valence-electron chi connectivity index (χ4n) is 3.29. The quantitative estimate of drug-likeness (QED) is 0.352. The van der Waals surface area contributed by atoms with E-state index in [0.29, 0.717) is 17.1 Å². The summed E-state index contributed by atoms with van der Waals surface area (Å²) in [6.45, 7) is 0.745. The summed E-state index contributed by atoms with van der Waals surface area (Å²) in [7, 11) is -0.861.